The molecule has 2 aromatic rings. The number of ether oxygens (including phenoxy) is 1. The number of esters is 1. The molecule has 0 radical (unpaired) electrons. The SMILES string of the molecule is Cc1cc(F)ccc1OC(=O)c1ccc(=O)n(C)c1. The van der Waals surface area contributed by atoms with Crippen molar-refractivity contribution in [3.8, 4) is 5.75 Å². The number of hydrogen-bond donors (Lipinski definition) is 0. The van der Waals surface area contributed by atoms with Gasteiger partial charge in [-0.3, -0.25) is 4.79 Å². The van der Waals surface area contributed by atoms with Crippen LogP contribution in [0, 0.1) is 12.7 Å². The average molecular weight is 261 g/mol. The first kappa shape index (κ1) is 13.0. The van der Waals surface area contributed by atoms with Crippen LogP contribution < -0.4 is 10.3 Å². The Morgan fingerprint density at radius 2 is 2.00 bits per heavy atom. The molecule has 0 spiro atoms. The third-order valence-electron chi connectivity index (χ3n) is 2.66. The van der Waals surface area contributed by atoms with Crippen LogP contribution in [-0.4, -0.2) is 10.5 Å². The van der Waals surface area contributed by atoms with Crippen LogP contribution in [0.1, 0.15) is 15.9 Å². The molecule has 1 aromatic carbocycles. The molecule has 0 saturated heterocycles. The maximum absolute atomic E-state index is 12.9. The lowest BCUT2D eigenvalue weighted by atomic mass is 10.2. The minimum Gasteiger partial charge on any atom is -0.423 e. The Labute approximate surface area is 109 Å². The van der Waals surface area contributed by atoms with Gasteiger partial charge < -0.3 is 9.30 Å². The number of pyridine rings is 1. The second-order valence-electron chi connectivity index (χ2n) is 4.17. The second kappa shape index (κ2) is 5.06. The minimum absolute atomic E-state index is 0.213. The number of rotatable bonds is 2. The van der Waals surface area contributed by atoms with E-state index in [4.69, 9.17) is 4.74 Å². The summed E-state index contributed by atoms with van der Waals surface area (Å²) in [6.45, 7) is 1.65. The fourth-order valence-electron chi connectivity index (χ4n) is 1.60. The summed E-state index contributed by atoms with van der Waals surface area (Å²) in [4.78, 5) is 23.1. The van der Waals surface area contributed by atoms with Gasteiger partial charge in [0.15, 0.2) is 0 Å². The zero-order chi connectivity index (χ0) is 14.0. The number of aromatic nitrogens is 1. The minimum atomic E-state index is -0.592. The fraction of sp³-hybridized carbons (Fsp3) is 0.143. The molecule has 19 heavy (non-hydrogen) atoms. The van der Waals surface area contributed by atoms with Gasteiger partial charge in [-0.25, -0.2) is 9.18 Å². The van der Waals surface area contributed by atoms with Gasteiger partial charge in [0.05, 0.1) is 5.56 Å². The van der Waals surface area contributed by atoms with Gasteiger partial charge in [0.25, 0.3) is 0 Å². The number of nitrogens with zero attached hydrogens (tertiary/aromatic N) is 1. The Kier molecular flexibility index (Phi) is 3.46. The Morgan fingerprint density at radius 3 is 2.63 bits per heavy atom. The summed E-state index contributed by atoms with van der Waals surface area (Å²) in [5, 5.41) is 0. The number of hydrogen-bond acceptors (Lipinski definition) is 3. The Bertz CT molecular complexity index is 691. The van der Waals surface area contributed by atoms with Crippen LogP contribution in [0.5, 0.6) is 5.75 Å². The zero-order valence-corrected chi connectivity index (χ0v) is 10.5. The average Bonchev–Trinajstić information content (AvgIpc) is 2.36. The molecule has 0 aliphatic carbocycles. The van der Waals surface area contributed by atoms with Crippen molar-refractivity contribution < 1.29 is 13.9 Å². The molecule has 5 heteroatoms. The molecule has 0 unspecified atom stereocenters. The molecule has 0 saturated carbocycles. The summed E-state index contributed by atoms with van der Waals surface area (Å²) >= 11 is 0. The van der Waals surface area contributed by atoms with Crippen molar-refractivity contribution in [2.45, 2.75) is 6.92 Å². The molecule has 0 bridgehead atoms. The number of aryl methyl sites for hydroxylation is 2. The third-order valence-corrected chi connectivity index (χ3v) is 2.66. The Morgan fingerprint density at radius 1 is 1.26 bits per heavy atom. The van der Waals surface area contributed by atoms with E-state index < -0.39 is 5.97 Å². The summed E-state index contributed by atoms with van der Waals surface area (Å²) in [6.07, 6.45) is 1.39. The highest BCUT2D eigenvalue weighted by Gasteiger charge is 2.11. The molecule has 0 fully saturated rings. The van der Waals surface area contributed by atoms with Gasteiger partial charge in [-0.2, -0.15) is 0 Å². The maximum Gasteiger partial charge on any atom is 0.345 e. The highest BCUT2D eigenvalue weighted by atomic mass is 19.1. The van der Waals surface area contributed by atoms with Crippen molar-refractivity contribution in [1.82, 2.24) is 4.57 Å². The van der Waals surface area contributed by atoms with Crippen molar-refractivity contribution in [3.05, 3.63) is 63.8 Å². The topological polar surface area (TPSA) is 48.3 Å². The third kappa shape index (κ3) is 2.88. The standard InChI is InChI=1S/C14H12FNO3/c1-9-7-11(15)4-5-12(9)19-14(18)10-3-6-13(17)16(2)8-10/h3-8H,1-2H3. The molecule has 98 valence electrons. The molecule has 0 N–H and O–H groups in total. The van der Waals surface area contributed by atoms with Crippen molar-refractivity contribution >= 4 is 5.97 Å². The lowest BCUT2D eigenvalue weighted by molar-refractivity contribution is 0.0732. The Hall–Kier alpha value is -2.43. The van der Waals surface area contributed by atoms with Crippen LogP contribution in [0.3, 0.4) is 0 Å². The van der Waals surface area contributed by atoms with Crippen molar-refractivity contribution in [1.29, 1.82) is 0 Å². The monoisotopic (exact) mass is 261 g/mol. The van der Waals surface area contributed by atoms with Crippen molar-refractivity contribution in [2.24, 2.45) is 7.05 Å². The molecule has 0 atom stereocenters. The largest absolute Gasteiger partial charge is 0.423 e. The van der Waals surface area contributed by atoms with Gasteiger partial charge in [-0.05, 0) is 36.8 Å². The first-order valence-electron chi connectivity index (χ1n) is 5.62. The van der Waals surface area contributed by atoms with E-state index in [1.54, 1.807) is 14.0 Å². The van der Waals surface area contributed by atoms with Crippen LogP contribution >= 0.6 is 0 Å². The predicted molar refractivity (Wildman–Crippen MR) is 67.8 cm³/mol. The normalized spacial score (nSPS) is 10.3. The van der Waals surface area contributed by atoms with Gasteiger partial charge in [-0.15, -0.1) is 0 Å². The lowest BCUT2D eigenvalue weighted by Gasteiger charge is -2.07. The highest BCUT2D eigenvalue weighted by molar-refractivity contribution is 5.90. The van der Waals surface area contributed by atoms with Gasteiger partial charge >= 0.3 is 5.97 Å². The number of benzene rings is 1. The summed E-state index contributed by atoms with van der Waals surface area (Å²) < 4.78 is 19.4. The number of halogens is 1. The van der Waals surface area contributed by atoms with Crippen LogP contribution in [-0.2, 0) is 7.05 Å². The molecular formula is C14H12FNO3. The Balaban J connectivity index is 2.25. The van der Waals surface area contributed by atoms with Gasteiger partial charge in [0.1, 0.15) is 11.6 Å². The van der Waals surface area contributed by atoms with E-state index >= 15 is 0 Å². The van der Waals surface area contributed by atoms with Crippen LogP contribution in [0.25, 0.3) is 0 Å². The van der Waals surface area contributed by atoms with Gasteiger partial charge in [-0.1, -0.05) is 0 Å². The maximum atomic E-state index is 12.9. The van der Waals surface area contributed by atoms with E-state index in [0.717, 1.165) is 0 Å². The van der Waals surface area contributed by atoms with E-state index in [2.05, 4.69) is 0 Å². The first-order chi connectivity index (χ1) is 8.97. The molecule has 0 amide bonds. The van der Waals surface area contributed by atoms with Crippen molar-refractivity contribution in [2.75, 3.05) is 0 Å². The van der Waals surface area contributed by atoms with E-state index in [0.29, 0.717) is 11.3 Å². The molecule has 1 heterocycles. The smallest absolute Gasteiger partial charge is 0.345 e. The summed E-state index contributed by atoms with van der Waals surface area (Å²) in [5.74, 6) is -0.690. The molecule has 0 aliphatic heterocycles. The molecular weight excluding hydrogens is 249 g/mol. The summed E-state index contributed by atoms with van der Waals surface area (Å²) in [6, 6.07) is 6.57. The van der Waals surface area contributed by atoms with Crippen molar-refractivity contribution in [3.63, 3.8) is 0 Å². The van der Waals surface area contributed by atoms with E-state index in [1.807, 2.05) is 0 Å². The van der Waals surface area contributed by atoms with E-state index in [9.17, 15) is 14.0 Å². The van der Waals surface area contributed by atoms with Crippen LogP contribution in [0.4, 0.5) is 4.39 Å². The van der Waals surface area contributed by atoms with Crippen LogP contribution in [0.15, 0.2) is 41.3 Å². The van der Waals surface area contributed by atoms with Crippen LogP contribution in [0.2, 0.25) is 0 Å². The number of carbonyl (C=O) groups is 1. The summed E-state index contributed by atoms with van der Waals surface area (Å²) in [7, 11) is 1.54. The van der Waals surface area contributed by atoms with E-state index in [1.165, 1.54) is 41.1 Å². The number of carbonyl (C=O) groups excluding carboxylic acids is 1. The van der Waals surface area contributed by atoms with Gasteiger partial charge in [0.2, 0.25) is 5.56 Å². The molecule has 0 aliphatic rings. The first-order valence-corrected chi connectivity index (χ1v) is 5.62. The van der Waals surface area contributed by atoms with E-state index in [-0.39, 0.29) is 16.9 Å². The highest BCUT2D eigenvalue weighted by Crippen LogP contribution is 2.19. The summed E-state index contributed by atoms with van der Waals surface area (Å²) in [5.41, 5.74) is 0.568. The zero-order valence-electron chi connectivity index (χ0n) is 10.5. The quantitative estimate of drug-likeness (QED) is 0.614. The molecule has 2 rings (SSSR count). The van der Waals surface area contributed by atoms with Gasteiger partial charge in [0, 0.05) is 19.3 Å². The predicted octanol–water partition coefficient (Wildman–Crippen LogP) is 2.05. The fourth-order valence-corrected chi connectivity index (χ4v) is 1.60. The lowest BCUT2D eigenvalue weighted by Crippen LogP contribution is -2.18. The second-order valence-corrected chi connectivity index (χ2v) is 4.17. The molecule has 1 aromatic heterocycles. The molecule has 4 nitrogen and oxygen atoms in total.